The van der Waals surface area contributed by atoms with Crippen molar-refractivity contribution in [3.8, 4) is 5.75 Å². The molecule has 1 aromatic rings. The molecular formula is C22H21NO2. The van der Waals surface area contributed by atoms with Gasteiger partial charge in [0.1, 0.15) is 11.5 Å². The first-order valence-electron chi connectivity index (χ1n) is 8.54. The highest BCUT2D eigenvalue weighted by Gasteiger charge is 2.52. The van der Waals surface area contributed by atoms with Crippen LogP contribution in [-0.2, 0) is 11.2 Å². The summed E-state index contributed by atoms with van der Waals surface area (Å²) in [6.07, 6.45) is 15.5. The highest BCUT2D eigenvalue weighted by atomic mass is 16.5. The molecule has 0 fully saturated rings. The van der Waals surface area contributed by atoms with Crippen LogP contribution in [0.5, 0.6) is 5.75 Å². The van der Waals surface area contributed by atoms with Crippen molar-refractivity contribution in [3.63, 3.8) is 0 Å². The van der Waals surface area contributed by atoms with Crippen LogP contribution >= 0.6 is 0 Å². The summed E-state index contributed by atoms with van der Waals surface area (Å²) in [6, 6.07) is 8.00. The number of Topliss-reactive ketones (excluding diaryl/α,β-unsaturated/α-hetero) is 1. The van der Waals surface area contributed by atoms with Crippen LogP contribution < -0.4 is 4.74 Å². The standard InChI is InChI=1S/C22H21NO2/c1-3-23-15-17-6-4-5-13-22(17)19(20(24)11-12-21(22)23)14-16-7-9-18(25-2)10-8-16/h3-10,12-13,15,19H,1,11,14H2,2H3. The van der Waals surface area contributed by atoms with Crippen LogP contribution in [0.4, 0.5) is 0 Å². The zero-order valence-corrected chi connectivity index (χ0v) is 14.3. The SMILES string of the molecule is C=CN1C=C2C=CC=CC23C1=CCC(=O)C3Cc1ccc(OC)cc1. The molecule has 0 aromatic heterocycles. The average molecular weight is 331 g/mol. The van der Waals surface area contributed by atoms with Gasteiger partial charge < -0.3 is 9.64 Å². The Bertz CT molecular complexity index is 841. The normalized spacial score (nSPS) is 26.7. The molecule has 4 rings (SSSR count). The Morgan fingerprint density at radius 1 is 1.32 bits per heavy atom. The quantitative estimate of drug-likeness (QED) is 0.829. The maximum absolute atomic E-state index is 12.9. The van der Waals surface area contributed by atoms with Gasteiger partial charge in [-0.3, -0.25) is 4.79 Å². The van der Waals surface area contributed by atoms with Crippen molar-refractivity contribution >= 4 is 5.78 Å². The number of benzene rings is 1. The molecule has 25 heavy (non-hydrogen) atoms. The van der Waals surface area contributed by atoms with Crippen molar-refractivity contribution < 1.29 is 9.53 Å². The van der Waals surface area contributed by atoms with Crippen LogP contribution in [0.3, 0.4) is 0 Å². The number of ketones is 1. The van der Waals surface area contributed by atoms with E-state index in [2.05, 4.69) is 42.0 Å². The van der Waals surface area contributed by atoms with E-state index in [-0.39, 0.29) is 17.1 Å². The van der Waals surface area contributed by atoms with Gasteiger partial charge in [0, 0.05) is 30.4 Å². The minimum Gasteiger partial charge on any atom is -0.497 e. The van der Waals surface area contributed by atoms with E-state index in [0.29, 0.717) is 12.8 Å². The second-order valence-electron chi connectivity index (χ2n) is 6.63. The Morgan fingerprint density at radius 3 is 2.84 bits per heavy atom. The predicted octanol–water partition coefficient (Wildman–Crippen LogP) is 4.17. The Kier molecular flexibility index (Phi) is 3.72. The van der Waals surface area contributed by atoms with Gasteiger partial charge in [0.15, 0.2) is 0 Å². The van der Waals surface area contributed by atoms with Gasteiger partial charge in [-0.1, -0.05) is 49.1 Å². The summed E-state index contributed by atoms with van der Waals surface area (Å²) < 4.78 is 5.24. The highest BCUT2D eigenvalue weighted by molar-refractivity contribution is 5.88. The fourth-order valence-electron chi connectivity index (χ4n) is 4.20. The van der Waals surface area contributed by atoms with Crippen molar-refractivity contribution in [1.29, 1.82) is 0 Å². The zero-order chi connectivity index (χ0) is 17.4. The second-order valence-corrected chi connectivity index (χ2v) is 6.63. The fraction of sp³-hybridized carbons (Fsp3) is 0.227. The van der Waals surface area contributed by atoms with E-state index in [0.717, 1.165) is 22.6 Å². The number of carbonyl (C=O) groups excluding carboxylic acids is 1. The molecule has 3 aliphatic rings. The van der Waals surface area contributed by atoms with Crippen LogP contribution in [0.25, 0.3) is 0 Å². The summed E-state index contributed by atoms with van der Waals surface area (Å²) in [5, 5.41) is 0. The third kappa shape index (κ3) is 2.30. The minimum atomic E-state index is -0.377. The highest BCUT2D eigenvalue weighted by Crippen LogP contribution is 2.55. The molecule has 3 heteroatoms. The molecule has 2 unspecified atom stereocenters. The lowest BCUT2D eigenvalue weighted by atomic mass is 9.61. The van der Waals surface area contributed by atoms with Crippen molar-refractivity contribution in [2.75, 3.05) is 7.11 Å². The summed E-state index contributed by atoms with van der Waals surface area (Å²) in [7, 11) is 1.66. The molecule has 0 amide bonds. The molecule has 0 saturated carbocycles. The molecule has 0 saturated heterocycles. The molecule has 3 nitrogen and oxygen atoms in total. The lowest BCUT2D eigenvalue weighted by Crippen LogP contribution is -2.41. The Labute approximate surface area is 148 Å². The summed E-state index contributed by atoms with van der Waals surface area (Å²) in [6.45, 7) is 3.93. The van der Waals surface area contributed by atoms with Gasteiger partial charge in [-0.15, -0.1) is 0 Å². The van der Waals surface area contributed by atoms with E-state index in [1.807, 2.05) is 36.5 Å². The zero-order valence-electron chi connectivity index (χ0n) is 14.3. The van der Waals surface area contributed by atoms with Crippen molar-refractivity contribution in [2.24, 2.45) is 11.3 Å². The number of carbonyl (C=O) groups is 1. The maximum atomic E-state index is 12.9. The van der Waals surface area contributed by atoms with Gasteiger partial charge >= 0.3 is 0 Å². The summed E-state index contributed by atoms with van der Waals surface area (Å²) in [5.74, 6) is 1.01. The van der Waals surface area contributed by atoms with E-state index in [4.69, 9.17) is 4.74 Å². The van der Waals surface area contributed by atoms with Crippen molar-refractivity contribution in [2.45, 2.75) is 12.8 Å². The molecular weight excluding hydrogens is 310 g/mol. The number of methoxy groups -OCH3 is 1. The third-order valence-electron chi connectivity index (χ3n) is 5.43. The first kappa shape index (κ1) is 15.7. The van der Waals surface area contributed by atoms with Crippen molar-refractivity contribution in [1.82, 2.24) is 4.90 Å². The third-order valence-corrected chi connectivity index (χ3v) is 5.43. The molecule has 0 radical (unpaired) electrons. The van der Waals surface area contributed by atoms with E-state index in [1.165, 1.54) is 0 Å². The lowest BCUT2D eigenvalue weighted by molar-refractivity contribution is -0.124. The molecule has 1 spiro atoms. The Morgan fingerprint density at radius 2 is 2.12 bits per heavy atom. The lowest BCUT2D eigenvalue weighted by Gasteiger charge is -2.41. The second kappa shape index (κ2) is 5.92. The number of nitrogens with zero attached hydrogens (tertiary/aromatic N) is 1. The summed E-state index contributed by atoms with van der Waals surface area (Å²) in [5.41, 5.74) is 3.08. The number of rotatable bonds is 4. The molecule has 126 valence electrons. The Hall–Kier alpha value is -2.81. The van der Waals surface area contributed by atoms with E-state index < -0.39 is 0 Å². The molecule has 1 aromatic carbocycles. The summed E-state index contributed by atoms with van der Waals surface area (Å²) >= 11 is 0. The number of hydrogen-bond acceptors (Lipinski definition) is 3. The molecule has 0 N–H and O–H groups in total. The van der Waals surface area contributed by atoms with Crippen molar-refractivity contribution in [3.05, 3.63) is 90.5 Å². The Balaban J connectivity index is 1.76. The molecule has 0 bridgehead atoms. The topological polar surface area (TPSA) is 29.5 Å². The number of hydrogen-bond donors (Lipinski definition) is 0. The molecule has 1 aliphatic heterocycles. The van der Waals surface area contributed by atoms with Gasteiger partial charge in [-0.05, 0) is 29.7 Å². The van der Waals surface area contributed by atoms with Gasteiger partial charge in [0.2, 0.25) is 0 Å². The largest absolute Gasteiger partial charge is 0.497 e. The van der Waals surface area contributed by atoms with Crippen LogP contribution in [0.15, 0.2) is 84.9 Å². The predicted molar refractivity (Wildman–Crippen MR) is 98.7 cm³/mol. The number of allylic oxidation sites excluding steroid dienone is 5. The number of ether oxygens (including phenoxy) is 1. The first-order valence-corrected chi connectivity index (χ1v) is 8.54. The van der Waals surface area contributed by atoms with E-state index in [9.17, 15) is 4.79 Å². The van der Waals surface area contributed by atoms with Gasteiger partial charge in [0.05, 0.1) is 12.5 Å². The molecule has 2 aliphatic carbocycles. The van der Waals surface area contributed by atoms with Crippen LogP contribution in [-0.4, -0.2) is 17.8 Å². The summed E-state index contributed by atoms with van der Waals surface area (Å²) in [4.78, 5) is 15.0. The fourth-order valence-corrected chi connectivity index (χ4v) is 4.20. The van der Waals surface area contributed by atoms with E-state index >= 15 is 0 Å². The van der Waals surface area contributed by atoms with Gasteiger partial charge in [-0.2, -0.15) is 0 Å². The van der Waals surface area contributed by atoms with Gasteiger partial charge in [0.25, 0.3) is 0 Å². The maximum Gasteiger partial charge on any atom is 0.141 e. The monoisotopic (exact) mass is 331 g/mol. The average Bonchev–Trinajstić information content (AvgIpc) is 2.99. The van der Waals surface area contributed by atoms with Crippen LogP contribution in [0.2, 0.25) is 0 Å². The van der Waals surface area contributed by atoms with E-state index in [1.54, 1.807) is 7.11 Å². The molecule has 1 heterocycles. The van der Waals surface area contributed by atoms with Crippen LogP contribution in [0.1, 0.15) is 12.0 Å². The molecule has 2 atom stereocenters. The smallest absolute Gasteiger partial charge is 0.141 e. The van der Waals surface area contributed by atoms with Gasteiger partial charge in [-0.25, -0.2) is 0 Å². The minimum absolute atomic E-state index is 0.113. The van der Waals surface area contributed by atoms with Crippen LogP contribution in [0, 0.1) is 11.3 Å². The first-order chi connectivity index (χ1) is 12.2.